The molecule has 0 spiro atoms. The number of nitro groups is 1. The Kier molecular flexibility index (Phi) is 5.72. The van der Waals surface area contributed by atoms with E-state index in [1.165, 1.54) is 12.1 Å². The minimum Gasteiger partial charge on any atom is -0.258 e. The van der Waals surface area contributed by atoms with Gasteiger partial charge in [0.15, 0.2) is 0 Å². The zero-order chi connectivity index (χ0) is 13.9. The molecule has 6 heteroatoms. The number of alkyl halides is 1. The maximum absolute atomic E-state index is 13.5. The van der Waals surface area contributed by atoms with Crippen LogP contribution < -0.4 is 0 Å². The van der Waals surface area contributed by atoms with Gasteiger partial charge in [-0.05, 0) is 40.8 Å². The van der Waals surface area contributed by atoms with Crippen LogP contribution in [0.3, 0.4) is 0 Å². The van der Waals surface area contributed by atoms with Crippen molar-refractivity contribution in [3.05, 3.63) is 38.1 Å². The number of hydrogen-bond acceptors (Lipinski definition) is 2. The molecule has 0 aliphatic heterocycles. The summed E-state index contributed by atoms with van der Waals surface area (Å²) in [6.45, 7) is 4.15. The molecule has 0 N–H and O–H groups in total. The molecule has 100 valence electrons. The predicted octanol–water partition coefficient (Wildman–Crippen LogP) is 4.85. The van der Waals surface area contributed by atoms with Gasteiger partial charge in [0.25, 0.3) is 5.69 Å². The topological polar surface area (TPSA) is 43.1 Å². The summed E-state index contributed by atoms with van der Waals surface area (Å²) in [5.74, 6) is 0.00794. The molecule has 1 unspecified atom stereocenters. The Bertz CT molecular complexity index is 452. The van der Waals surface area contributed by atoms with E-state index in [1.807, 2.05) is 0 Å². The maximum atomic E-state index is 13.5. The van der Waals surface area contributed by atoms with Crippen LogP contribution in [0.2, 0.25) is 0 Å². The van der Waals surface area contributed by atoms with Gasteiger partial charge in [0, 0.05) is 16.5 Å². The average Bonchev–Trinajstić information content (AvgIpc) is 2.21. The fourth-order valence-electron chi connectivity index (χ4n) is 1.74. The molecule has 0 aliphatic rings. The monoisotopic (exact) mass is 381 g/mol. The number of halogens is 3. The Balaban J connectivity index is 3.00. The van der Waals surface area contributed by atoms with E-state index in [0.717, 1.165) is 6.42 Å². The van der Waals surface area contributed by atoms with Crippen LogP contribution in [0.5, 0.6) is 0 Å². The molecule has 0 fully saturated rings. The minimum atomic E-state index is -0.478. The van der Waals surface area contributed by atoms with Crippen LogP contribution in [0.4, 0.5) is 10.1 Å². The molecule has 0 heterocycles. The summed E-state index contributed by atoms with van der Waals surface area (Å²) in [4.78, 5) is 10.6. The molecule has 0 aromatic heterocycles. The van der Waals surface area contributed by atoms with Crippen molar-refractivity contribution in [1.82, 2.24) is 0 Å². The first-order valence-corrected chi connectivity index (χ1v) is 7.28. The largest absolute Gasteiger partial charge is 0.273 e. The molecular formula is C12H14Br2FNO2. The molecule has 1 atom stereocenters. The van der Waals surface area contributed by atoms with Crippen LogP contribution in [-0.2, 0) is 6.42 Å². The van der Waals surface area contributed by atoms with Gasteiger partial charge in [-0.2, -0.15) is 0 Å². The molecule has 0 aliphatic carbocycles. The lowest BCUT2D eigenvalue weighted by molar-refractivity contribution is -0.385. The Morgan fingerprint density at radius 3 is 2.56 bits per heavy atom. The highest BCUT2D eigenvalue weighted by atomic mass is 79.9. The van der Waals surface area contributed by atoms with E-state index in [1.54, 1.807) is 0 Å². The van der Waals surface area contributed by atoms with Crippen LogP contribution in [0.15, 0.2) is 16.6 Å². The van der Waals surface area contributed by atoms with Gasteiger partial charge in [0.1, 0.15) is 5.82 Å². The van der Waals surface area contributed by atoms with Crippen molar-refractivity contribution in [3.63, 3.8) is 0 Å². The molecule has 1 rings (SSSR count). The SMILES string of the molecule is CC(C)CC(Br)Cc1cc(F)c(Br)cc1[N+](=O)[O-]. The number of nitrogens with zero attached hydrogens (tertiary/aromatic N) is 1. The first kappa shape index (κ1) is 15.6. The average molecular weight is 383 g/mol. The maximum Gasteiger partial charge on any atom is 0.273 e. The Hall–Kier alpha value is -0.490. The van der Waals surface area contributed by atoms with Crippen molar-refractivity contribution >= 4 is 37.5 Å². The van der Waals surface area contributed by atoms with E-state index < -0.39 is 10.7 Å². The van der Waals surface area contributed by atoms with Crippen molar-refractivity contribution in [2.24, 2.45) is 5.92 Å². The smallest absolute Gasteiger partial charge is 0.258 e. The molecule has 0 saturated heterocycles. The molecular weight excluding hydrogens is 369 g/mol. The third-order valence-electron chi connectivity index (χ3n) is 2.49. The van der Waals surface area contributed by atoms with Crippen molar-refractivity contribution in [2.45, 2.75) is 31.5 Å². The molecule has 0 bridgehead atoms. The second kappa shape index (κ2) is 6.61. The molecule has 1 aromatic carbocycles. The standard InChI is InChI=1S/C12H14Br2FNO2/c1-7(2)3-9(13)4-8-5-11(15)10(14)6-12(8)16(17)18/h5-7,9H,3-4H2,1-2H3. The van der Waals surface area contributed by atoms with E-state index in [9.17, 15) is 14.5 Å². The minimum absolute atomic E-state index is 0.0449. The van der Waals surface area contributed by atoms with Gasteiger partial charge in [-0.15, -0.1) is 0 Å². The van der Waals surface area contributed by atoms with E-state index in [-0.39, 0.29) is 15.0 Å². The van der Waals surface area contributed by atoms with Crippen molar-refractivity contribution < 1.29 is 9.31 Å². The Labute approximate surface area is 122 Å². The highest BCUT2D eigenvalue weighted by molar-refractivity contribution is 9.10. The Morgan fingerprint density at radius 1 is 1.44 bits per heavy atom. The predicted molar refractivity (Wildman–Crippen MR) is 76.6 cm³/mol. The zero-order valence-electron chi connectivity index (χ0n) is 10.1. The third kappa shape index (κ3) is 4.31. The number of nitro benzene ring substituents is 1. The summed E-state index contributed by atoms with van der Waals surface area (Å²) in [5, 5.41) is 10.9. The first-order valence-electron chi connectivity index (χ1n) is 5.57. The second-order valence-corrected chi connectivity index (χ2v) is 6.73. The quantitative estimate of drug-likeness (QED) is 0.415. The normalized spacial score (nSPS) is 12.8. The van der Waals surface area contributed by atoms with E-state index in [0.29, 0.717) is 17.9 Å². The fraction of sp³-hybridized carbons (Fsp3) is 0.500. The van der Waals surface area contributed by atoms with Crippen LogP contribution in [0.25, 0.3) is 0 Å². The molecule has 0 radical (unpaired) electrons. The van der Waals surface area contributed by atoms with Gasteiger partial charge in [0.2, 0.25) is 0 Å². The lowest BCUT2D eigenvalue weighted by Gasteiger charge is -2.12. The van der Waals surface area contributed by atoms with Gasteiger partial charge in [-0.1, -0.05) is 29.8 Å². The summed E-state index contributed by atoms with van der Waals surface area (Å²) in [7, 11) is 0. The summed E-state index contributed by atoms with van der Waals surface area (Å²) in [5.41, 5.74) is 0.375. The fourth-order valence-corrected chi connectivity index (χ4v) is 3.17. The van der Waals surface area contributed by atoms with Gasteiger partial charge in [-0.25, -0.2) is 4.39 Å². The first-order chi connectivity index (χ1) is 8.31. The highest BCUT2D eigenvalue weighted by Crippen LogP contribution is 2.29. The van der Waals surface area contributed by atoms with Gasteiger partial charge >= 0.3 is 0 Å². The lowest BCUT2D eigenvalue weighted by Crippen LogP contribution is -2.09. The van der Waals surface area contributed by atoms with Crippen molar-refractivity contribution in [1.29, 1.82) is 0 Å². The summed E-state index contributed by atoms with van der Waals surface area (Å²) < 4.78 is 13.6. The van der Waals surface area contributed by atoms with Gasteiger partial charge in [-0.3, -0.25) is 10.1 Å². The second-order valence-electron chi connectivity index (χ2n) is 4.58. The number of hydrogen-bond donors (Lipinski definition) is 0. The molecule has 3 nitrogen and oxygen atoms in total. The summed E-state index contributed by atoms with van der Waals surface area (Å²) in [6.07, 6.45) is 1.33. The van der Waals surface area contributed by atoms with Gasteiger partial charge < -0.3 is 0 Å². The number of benzene rings is 1. The van der Waals surface area contributed by atoms with E-state index >= 15 is 0 Å². The highest BCUT2D eigenvalue weighted by Gasteiger charge is 2.20. The molecule has 0 amide bonds. The summed E-state index contributed by atoms with van der Waals surface area (Å²) in [6, 6.07) is 2.45. The van der Waals surface area contributed by atoms with Crippen molar-refractivity contribution in [2.75, 3.05) is 0 Å². The Morgan fingerprint density at radius 2 is 2.06 bits per heavy atom. The van der Waals surface area contributed by atoms with Crippen LogP contribution in [-0.4, -0.2) is 9.75 Å². The lowest BCUT2D eigenvalue weighted by atomic mass is 10.0. The van der Waals surface area contributed by atoms with Crippen LogP contribution in [0.1, 0.15) is 25.8 Å². The molecule has 1 aromatic rings. The number of rotatable bonds is 5. The molecule has 0 saturated carbocycles. The van der Waals surface area contributed by atoms with E-state index in [4.69, 9.17) is 0 Å². The summed E-state index contributed by atoms with van der Waals surface area (Å²) >= 11 is 6.45. The van der Waals surface area contributed by atoms with Crippen molar-refractivity contribution in [3.8, 4) is 0 Å². The van der Waals surface area contributed by atoms with Crippen LogP contribution in [0, 0.1) is 21.8 Å². The third-order valence-corrected chi connectivity index (χ3v) is 3.79. The molecule has 18 heavy (non-hydrogen) atoms. The van der Waals surface area contributed by atoms with Gasteiger partial charge in [0.05, 0.1) is 9.40 Å². The zero-order valence-corrected chi connectivity index (χ0v) is 13.3. The van der Waals surface area contributed by atoms with Crippen LogP contribution >= 0.6 is 31.9 Å². The van der Waals surface area contributed by atoms with E-state index in [2.05, 4.69) is 45.7 Å².